The molecule has 0 radical (unpaired) electrons. The molecule has 122 valence electrons. The third-order valence-electron chi connectivity index (χ3n) is 4.08. The summed E-state index contributed by atoms with van der Waals surface area (Å²) in [5, 5.41) is 0. The van der Waals surface area contributed by atoms with E-state index in [-0.39, 0.29) is 11.7 Å². The first kappa shape index (κ1) is 16.1. The van der Waals surface area contributed by atoms with E-state index < -0.39 is 0 Å². The quantitative estimate of drug-likeness (QED) is 0.614. The van der Waals surface area contributed by atoms with Gasteiger partial charge in [0.15, 0.2) is 0 Å². The Morgan fingerprint density at radius 3 is 1.58 bits per heavy atom. The average molecular weight is 322 g/mol. The van der Waals surface area contributed by atoms with Crippen LogP contribution in [-0.4, -0.2) is 14.2 Å². The molecule has 2 nitrogen and oxygen atoms in total. The van der Waals surface area contributed by atoms with Crippen LogP contribution < -0.4 is 9.47 Å². The van der Waals surface area contributed by atoms with Gasteiger partial charge in [-0.2, -0.15) is 0 Å². The van der Waals surface area contributed by atoms with Crippen LogP contribution in [0.2, 0.25) is 0 Å². The van der Waals surface area contributed by atoms with E-state index in [1.165, 1.54) is 6.07 Å². The highest BCUT2D eigenvalue weighted by molar-refractivity contribution is 5.45. The molecule has 3 aromatic rings. The SMILES string of the molecule is COc1ccc(C(c2ccc(OC)cc2)c2cccc(F)c2)cc1. The molecule has 0 fully saturated rings. The van der Waals surface area contributed by atoms with Crippen LogP contribution >= 0.6 is 0 Å². The Balaban J connectivity index is 2.08. The van der Waals surface area contributed by atoms with Gasteiger partial charge in [-0.15, -0.1) is 0 Å². The van der Waals surface area contributed by atoms with Crippen LogP contribution in [0.15, 0.2) is 72.8 Å². The fourth-order valence-corrected chi connectivity index (χ4v) is 2.86. The minimum absolute atomic E-state index is 0.0579. The van der Waals surface area contributed by atoms with Crippen molar-refractivity contribution < 1.29 is 13.9 Å². The maximum atomic E-state index is 13.8. The molecule has 24 heavy (non-hydrogen) atoms. The van der Waals surface area contributed by atoms with Crippen molar-refractivity contribution in [3.8, 4) is 11.5 Å². The van der Waals surface area contributed by atoms with Gasteiger partial charge in [0.05, 0.1) is 14.2 Å². The monoisotopic (exact) mass is 322 g/mol. The van der Waals surface area contributed by atoms with Gasteiger partial charge in [0.25, 0.3) is 0 Å². The number of rotatable bonds is 5. The molecule has 0 aliphatic carbocycles. The zero-order valence-corrected chi connectivity index (χ0v) is 13.7. The summed E-state index contributed by atoms with van der Waals surface area (Å²) < 4.78 is 24.2. The van der Waals surface area contributed by atoms with Crippen molar-refractivity contribution in [2.45, 2.75) is 5.92 Å². The molecule has 0 N–H and O–H groups in total. The lowest BCUT2D eigenvalue weighted by Gasteiger charge is -2.19. The highest BCUT2D eigenvalue weighted by Crippen LogP contribution is 2.33. The van der Waals surface area contributed by atoms with Gasteiger partial charge in [0, 0.05) is 5.92 Å². The Morgan fingerprint density at radius 2 is 1.17 bits per heavy atom. The van der Waals surface area contributed by atoms with E-state index >= 15 is 0 Å². The van der Waals surface area contributed by atoms with Crippen LogP contribution in [0.5, 0.6) is 11.5 Å². The highest BCUT2D eigenvalue weighted by atomic mass is 19.1. The summed E-state index contributed by atoms with van der Waals surface area (Å²) >= 11 is 0. The molecule has 0 aliphatic heterocycles. The van der Waals surface area contributed by atoms with Crippen LogP contribution in [0.25, 0.3) is 0 Å². The van der Waals surface area contributed by atoms with E-state index in [2.05, 4.69) is 0 Å². The Kier molecular flexibility index (Phi) is 4.80. The van der Waals surface area contributed by atoms with E-state index in [4.69, 9.17) is 9.47 Å². The Morgan fingerprint density at radius 1 is 0.667 bits per heavy atom. The van der Waals surface area contributed by atoms with Crippen molar-refractivity contribution in [1.29, 1.82) is 0 Å². The maximum absolute atomic E-state index is 13.8. The van der Waals surface area contributed by atoms with Gasteiger partial charge in [0.2, 0.25) is 0 Å². The molecule has 0 saturated carbocycles. The largest absolute Gasteiger partial charge is 0.497 e. The summed E-state index contributed by atoms with van der Waals surface area (Å²) in [6, 6.07) is 22.5. The topological polar surface area (TPSA) is 18.5 Å². The molecular weight excluding hydrogens is 303 g/mol. The molecule has 0 unspecified atom stereocenters. The first-order valence-electron chi connectivity index (χ1n) is 7.74. The number of hydrogen-bond donors (Lipinski definition) is 0. The molecule has 3 heteroatoms. The lowest BCUT2D eigenvalue weighted by molar-refractivity contribution is 0.414. The molecule has 0 amide bonds. The van der Waals surface area contributed by atoms with Gasteiger partial charge in [-0.25, -0.2) is 4.39 Å². The van der Waals surface area contributed by atoms with Gasteiger partial charge >= 0.3 is 0 Å². The van der Waals surface area contributed by atoms with Crippen molar-refractivity contribution >= 4 is 0 Å². The predicted molar refractivity (Wildman–Crippen MR) is 93.3 cm³/mol. The van der Waals surface area contributed by atoms with Gasteiger partial charge in [-0.05, 0) is 53.1 Å². The second kappa shape index (κ2) is 7.18. The minimum atomic E-state index is -0.237. The second-order valence-corrected chi connectivity index (χ2v) is 5.53. The molecule has 3 rings (SSSR count). The normalized spacial score (nSPS) is 10.7. The molecule has 0 aromatic heterocycles. The summed E-state index contributed by atoms with van der Waals surface area (Å²) in [5.74, 6) is 1.30. The minimum Gasteiger partial charge on any atom is -0.497 e. The van der Waals surface area contributed by atoms with Gasteiger partial charge in [0.1, 0.15) is 17.3 Å². The summed E-state index contributed by atoms with van der Waals surface area (Å²) in [6.07, 6.45) is 0. The lowest BCUT2D eigenvalue weighted by atomic mass is 9.85. The Hall–Kier alpha value is -2.81. The van der Waals surface area contributed by atoms with Crippen molar-refractivity contribution in [2.75, 3.05) is 14.2 Å². The summed E-state index contributed by atoms with van der Waals surface area (Å²) in [5.41, 5.74) is 3.06. The van der Waals surface area contributed by atoms with E-state index in [9.17, 15) is 4.39 Å². The molecule has 3 aromatic carbocycles. The van der Waals surface area contributed by atoms with Crippen LogP contribution in [0, 0.1) is 5.82 Å². The molecule has 0 saturated heterocycles. The summed E-state index contributed by atoms with van der Waals surface area (Å²) in [7, 11) is 3.28. The van der Waals surface area contributed by atoms with Gasteiger partial charge in [-0.1, -0.05) is 36.4 Å². The van der Waals surface area contributed by atoms with Crippen molar-refractivity contribution in [2.24, 2.45) is 0 Å². The van der Waals surface area contributed by atoms with Crippen LogP contribution in [0.4, 0.5) is 4.39 Å². The van der Waals surface area contributed by atoms with E-state index in [1.807, 2.05) is 54.6 Å². The van der Waals surface area contributed by atoms with Crippen LogP contribution in [0.3, 0.4) is 0 Å². The second-order valence-electron chi connectivity index (χ2n) is 5.53. The van der Waals surface area contributed by atoms with Gasteiger partial charge < -0.3 is 9.47 Å². The number of halogens is 1. The smallest absolute Gasteiger partial charge is 0.123 e. The maximum Gasteiger partial charge on any atom is 0.123 e. The van der Waals surface area contributed by atoms with Crippen molar-refractivity contribution in [3.05, 3.63) is 95.3 Å². The Bertz CT molecular complexity index is 747. The highest BCUT2D eigenvalue weighted by Gasteiger charge is 2.17. The average Bonchev–Trinajstić information content (AvgIpc) is 2.63. The zero-order chi connectivity index (χ0) is 16.9. The molecule has 0 aliphatic rings. The number of hydrogen-bond acceptors (Lipinski definition) is 2. The van der Waals surface area contributed by atoms with Crippen LogP contribution in [-0.2, 0) is 0 Å². The summed E-state index contributed by atoms with van der Waals surface area (Å²) in [4.78, 5) is 0. The van der Waals surface area contributed by atoms with E-state index in [0.29, 0.717) is 0 Å². The standard InChI is InChI=1S/C21H19FO2/c1-23-19-10-6-15(7-11-19)21(17-4-3-5-18(22)14-17)16-8-12-20(24-2)13-9-16/h3-14,21H,1-2H3. The first-order valence-corrected chi connectivity index (χ1v) is 7.74. The van der Waals surface area contributed by atoms with Crippen molar-refractivity contribution in [1.82, 2.24) is 0 Å². The molecule has 0 bridgehead atoms. The lowest BCUT2D eigenvalue weighted by Crippen LogP contribution is -2.04. The fraction of sp³-hybridized carbons (Fsp3) is 0.143. The number of methoxy groups -OCH3 is 2. The molecule has 0 heterocycles. The van der Waals surface area contributed by atoms with E-state index in [1.54, 1.807) is 26.4 Å². The third kappa shape index (κ3) is 3.40. The van der Waals surface area contributed by atoms with Gasteiger partial charge in [-0.3, -0.25) is 0 Å². The third-order valence-corrected chi connectivity index (χ3v) is 4.08. The van der Waals surface area contributed by atoms with E-state index in [0.717, 1.165) is 28.2 Å². The zero-order valence-electron chi connectivity index (χ0n) is 13.7. The van der Waals surface area contributed by atoms with Crippen molar-refractivity contribution in [3.63, 3.8) is 0 Å². The Labute approximate surface area is 141 Å². The molecule has 0 atom stereocenters. The summed E-state index contributed by atoms with van der Waals surface area (Å²) in [6.45, 7) is 0. The molecule has 0 spiro atoms. The number of ether oxygens (including phenoxy) is 2. The first-order chi connectivity index (χ1) is 11.7. The number of benzene rings is 3. The molecular formula is C21H19FO2. The predicted octanol–water partition coefficient (Wildman–Crippen LogP) is 5.02. The fourth-order valence-electron chi connectivity index (χ4n) is 2.86. The van der Waals surface area contributed by atoms with Crippen LogP contribution in [0.1, 0.15) is 22.6 Å².